The molecule has 4 nitrogen and oxygen atoms in total. The Bertz CT molecular complexity index is 373. The van der Waals surface area contributed by atoms with Gasteiger partial charge in [0.15, 0.2) is 0 Å². The van der Waals surface area contributed by atoms with Crippen LogP contribution in [0.1, 0.15) is 25.7 Å². The summed E-state index contributed by atoms with van der Waals surface area (Å²) in [6.45, 7) is 0.932. The van der Waals surface area contributed by atoms with Crippen molar-refractivity contribution >= 4 is 11.4 Å². The predicted octanol–water partition coefficient (Wildman–Crippen LogP) is 3.20. The van der Waals surface area contributed by atoms with Crippen LogP contribution < -0.4 is 5.32 Å². The smallest absolute Gasteiger partial charge is 0.271 e. The molecule has 1 aliphatic carbocycles. The van der Waals surface area contributed by atoms with E-state index in [0.29, 0.717) is 0 Å². The second-order valence-electron chi connectivity index (χ2n) is 4.34. The summed E-state index contributed by atoms with van der Waals surface area (Å²) in [4.78, 5) is 10.2. The first-order valence-electron chi connectivity index (χ1n) is 5.74. The van der Waals surface area contributed by atoms with E-state index in [2.05, 4.69) is 5.32 Å². The normalized spacial score (nSPS) is 16.2. The molecule has 16 heavy (non-hydrogen) atoms. The molecule has 2 rings (SSSR count). The molecule has 0 atom stereocenters. The fourth-order valence-corrected chi connectivity index (χ4v) is 2.21. The minimum absolute atomic E-state index is 0.149. The first-order chi connectivity index (χ1) is 7.75. The van der Waals surface area contributed by atoms with E-state index in [4.69, 9.17) is 0 Å². The second kappa shape index (κ2) is 4.96. The first kappa shape index (κ1) is 10.9. The lowest BCUT2D eigenvalue weighted by Gasteiger charge is -2.11. The Balaban J connectivity index is 1.93. The van der Waals surface area contributed by atoms with Gasteiger partial charge in [0.2, 0.25) is 0 Å². The van der Waals surface area contributed by atoms with Crippen LogP contribution in [-0.4, -0.2) is 11.5 Å². The van der Waals surface area contributed by atoms with Crippen LogP contribution in [-0.2, 0) is 0 Å². The molecule has 0 aliphatic heterocycles. The standard InChI is InChI=1S/C12H16N2O2/c15-14(16)12-7-3-6-11(8-12)13-9-10-4-1-2-5-10/h3,6-8,10,13H,1-2,4-5,9H2. The second-order valence-corrected chi connectivity index (χ2v) is 4.34. The number of nitrogens with one attached hydrogen (secondary N) is 1. The molecule has 0 spiro atoms. The third-order valence-electron chi connectivity index (χ3n) is 3.13. The van der Waals surface area contributed by atoms with E-state index in [1.807, 2.05) is 6.07 Å². The summed E-state index contributed by atoms with van der Waals surface area (Å²) >= 11 is 0. The van der Waals surface area contributed by atoms with Gasteiger partial charge in [0.25, 0.3) is 5.69 Å². The summed E-state index contributed by atoms with van der Waals surface area (Å²) in [5.41, 5.74) is 0.998. The van der Waals surface area contributed by atoms with Crippen LogP contribution in [0.5, 0.6) is 0 Å². The minimum Gasteiger partial charge on any atom is -0.385 e. The van der Waals surface area contributed by atoms with Crippen LogP contribution >= 0.6 is 0 Å². The third kappa shape index (κ3) is 2.72. The molecular formula is C12H16N2O2. The zero-order valence-corrected chi connectivity index (χ0v) is 9.19. The van der Waals surface area contributed by atoms with Gasteiger partial charge in [0.05, 0.1) is 4.92 Å². The molecule has 1 aromatic rings. The minimum atomic E-state index is -0.360. The van der Waals surface area contributed by atoms with Gasteiger partial charge in [-0.05, 0) is 24.8 Å². The van der Waals surface area contributed by atoms with Crippen LogP contribution in [0.2, 0.25) is 0 Å². The van der Waals surface area contributed by atoms with Gasteiger partial charge < -0.3 is 5.32 Å². The van der Waals surface area contributed by atoms with Crippen molar-refractivity contribution in [2.24, 2.45) is 5.92 Å². The molecule has 0 bridgehead atoms. The van der Waals surface area contributed by atoms with E-state index >= 15 is 0 Å². The lowest BCUT2D eigenvalue weighted by atomic mass is 10.1. The maximum atomic E-state index is 10.6. The highest BCUT2D eigenvalue weighted by Crippen LogP contribution is 2.25. The van der Waals surface area contributed by atoms with Crippen molar-refractivity contribution in [2.45, 2.75) is 25.7 Å². The van der Waals surface area contributed by atoms with E-state index < -0.39 is 0 Å². The first-order valence-corrected chi connectivity index (χ1v) is 5.74. The molecule has 0 aromatic heterocycles. The van der Waals surface area contributed by atoms with Gasteiger partial charge >= 0.3 is 0 Å². The number of non-ortho nitro benzene ring substituents is 1. The lowest BCUT2D eigenvalue weighted by Crippen LogP contribution is -2.10. The molecule has 0 unspecified atom stereocenters. The Hall–Kier alpha value is -1.58. The molecule has 1 aromatic carbocycles. The largest absolute Gasteiger partial charge is 0.385 e. The van der Waals surface area contributed by atoms with Crippen molar-refractivity contribution in [2.75, 3.05) is 11.9 Å². The van der Waals surface area contributed by atoms with Gasteiger partial charge in [-0.1, -0.05) is 18.9 Å². The maximum Gasteiger partial charge on any atom is 0.271 e. The zero-order valence-electron chi connectivity index (χ0n) is 9.19. The molecule has 1 aliphatic rings. The molecule has 0 radical (unpaired) electrons. The molecule has 86 valence electrons. The zero-order chi connectivity index (χ0) is 11.4. The van der Waals surface area contributed by atoms with Gasteiger partial charge in [0, 0.05) is 24.4 Å². The number of nitro benzene ring substituents is 1. The fraction of sp³-hybridized carbons (Fsp3) is 0.500. The van der Waals surface area contributed by atoms with E-state index in [-0.39, 0.29) is 10.6 Å². The van der Waals surface area contributed by atoms with Gasteiger partial charge in [-0.3, -0.25) is 10.1 Å². The Kier molecular flexibility index (Phi) is 3.39. The van der Waals surface area contributed by atoms with Crippen molar-refractivity contribution in [1.29, 1.82) is 0 Å². The maximum absolute atomic E-state index is 10.6. The molecule has 1 fully saturated rings. The molecule has 0 heterocycles. The third-order valence-corrected chi connectivity index (χ3v) is 3.13. The number of rotatable bonds is 4. The average Bonchev–Trinajstić information content (AvgIpc) is 2.79. The SMILES string of the molecule is O=[N+]([O-])c1cccc(NCC2CCCC2)c1. The van der Waals surface area contributed by atoms with Crippen molar-refractivity contribution in [3.05, 3.63) is 34.4 Å². The van der Waals surface area contributed by atoms with Crippen molar-refractivity contribution in [3.8, 4) is 0 Å². The van der Waals surface area contributed by atoms with Gasteiger partial charge in [-0.15, -0.1) is 0 Å². The summed E-state index contributed by atoms with van der Waals surface area (Å²) in [7, 11) is 0. The summed E-state index contributed by atoms with van der Waals surface area (Å²) in [6, 6.07) is 6.70. The summed E-state index contributed by atoms with van der Waals surface area (Å²) in [5.74, 6) is 0.735. The summed E-state index contributed by atoms with van der Waals surface area (Å²) < 4.78 is 0. The molecular weight excluding hydrogens is 204 g/mol. The number of nitro groups is 1. The number of benzene rings is 1. The van der Waals surface area contributed by atoms with Gasteiger partial charge in [-0.2, -0.15) is 0 Å². The topological polar surface area (TPSA) is 55.2 Å². The van der Waals surface area contributed by atoms with Crippen LogP contribution in [0, 0.1) is 16.0 Å². The Morgan fingerprint density at radius 2 is 2.12 bits per heavy atom. The average molecular weight is 220 g/mol. The predicted molar refractivity (Wildman–Crippen MR) is 63.5 cm³/mol. The Morgan fingerprint density at radius 3 is 2.81 bits per heavy atom. The van der Waals surface area contributed by atoms with Gasteiger partial charge in [0.1, 0.15) is 0 Å². The Morgan fingerprint density at radius 1 is 1.38 bits per heavy atom. The highest BCUT2D eigenvalue weighted by atomic mass is 16.6. The summed E-state index contributed by atoms with van der Waals surface area (Å²) in [5, 5.41) is 13.9. The number of nitrogens with zero attached hydrogens (tertiary/aromatic N) is 1. The Labute approximate surface area is 94.8 Å². The molecule has 1 saturated carbocycles. The summed E-state index contributed by atoms with van der Waals surface area (Å²) in [6.07, 6.45) is 5.20. The molecule has 4 heteroatoms. The lowest BCUT2D eigenvalue weighted by molar-refractivity contribution is -0.384. The fourth-order valence-electron chi connectivity index (χ4n) is 2.21. The quantitative estimate of drug-likeness (QED) is 0.626. The molecule has 1 N–H and O–H groups in total. The van der Waals surface area contributed by atoms with Crippen LogP contribution in [0.3, 0.4) is 0 Å². The highest BCUT2D eigenvalue weighted by molar-refractivity contribution is 5.50. The van der Waals surface area contributed by atoms with Crippen molar-refractivity contribution in [3.63, 3.8) is 0 Å². The van der Waals surface area contributed by atoms with Crippen LogP contribution in [0.15, 0.2) is 24.3 Å². The number of hydrogen-bond donors (Lipinski definition) is 1. The van der Waals surface area contributed by atoms with E-state index in [1.54, 1.807) is 12.1 Å². The monoisotopic (exact) mass is 220 g/mol. The molecule has 0 amide bonds. The number of anilines is 1. The van der Waals surface area contributed by atoms with E-state index in [9.17, 15) is 10.1 Å². The van der Waals surface area contributed by atoms with Gasteiger partial charge in [-0.25, -0.2) is 0 Å². The van der Waals surface area contributed by atoms with Crippen molar-refractivity contribution < 1.29 is 4.92 Å². The number of hydrogen-bond acceptors (Lipinski definition) is 3. The van der Waals surface area contributed by atoms with Crippen LogP contribution in [0.25, 0.3) is 0 Å². The van der Waals surface area contributed by atoms with E-state index in [1.165, 1.54) is 31.7 Å². The van der Waals surface area contributed by atoms with Crippen molar-refractivity contribution in [1.82, 2.24) is 0 Å². The highest BCUT2D eigenvalue weighted by Gasteiger charge is 2.14. The van der Waals surface area contributed by atoms with Crippen LogP contribution in [0.4, 0.5) is 11.4 Å². The molecule has 0 saturated heterocycles. The van der Waals surface area contributed by atoms with E-state index in [0.717, 1.165) is 18.2 Å².